The summed E-state index contributed by atoms with van der Waals surface area (Å²) in [5.41, 5.74) is 3.89. The van der Waals surface area contributed by atoms with Gasteiger partial charge in [-0.05, 0) is 51.0 Å². The second-order valence-electron chi connectivity index (χ2n) is 9.23. The predicted molar refractivity (Wildman–Crippen MR) is 134 cm³/mol. The zero-order valence-corrected chi connectivity index (χ0v) is 21.0. The fourth-order valence-corrected chi connectivity index (χ4v) is 5.05. The van der Waals surface area contributed by atoms with Crippen LogP contribution in [0.1, 0.15) is 57.1 Å². The van der Waals surface area contributed by atoms with Crippen molar-refractivity contribution in [3.63, 3.8) is 0 Å². The number of carbonyl (C=O) groups excluding carboxylic acids is 2. The van der Waals surface area contributed by atoms with Gasteiger partial charge in [-0.2, -0.15) is 0 Å². The van der Waals surface area contributed by atoms with Crippen LogP contribution in [0, 0.1) is 5.92 Å². The summed E-state index contributed by atoms with van der Waals surface area (Å²) in [7, 11) is 1.58. The summed E-state index contributed by atoms with van der Waals surface area (Å²) >= 11 is 0. The molecule has 1 aliphatic heterocycles. The summed E-state index contributed by atoms with van der Waals surface area (Å²) in [6, 6.07) is 15.6. The minimum atomic E-state index is -0.518. The Labute approximate surface area is 207 Å². The van der Waals surface area contributed by atoms with Crippen molar-refractivity contribution in [2.24, 2.45) is 5.92 Å². The summed E-state index contributed by atoms with van der Waals surface area (Å²) in [6.07, 6.45) is 2.23. The Morgan fingerprint density at radius 1 is 1.06 bits per heavy atom. The normalized spacial score (nSPS) is 21.7. The first-order valence-electron chi connectivity index (χ1n) is 12.1. The van der Waals surface area contributed by atoms with Crippen molar-refractivity contribution in [3.05, 3.63) is 82.7 Å². The van der Waals surface area contributed by atoms with Gasteiger partial charge in [0.25, 0.3) is 0 Å². The van der Waals surface area contributed by atoms with Crippen LogP contribution in [0.4, 0.5) is 0 Å². The molecule has 0 fully saturated rings. The van der Waals surface area contributed by atoms with Gasteiger partial charge in [0.05, 0.1) is 31.3 Å². The Bertz CT molecular complexity index is 1160. The molecular formula is C29H33NO5. The molecule has 0 amide bonds. The number of ketones is 1. The number of esters is 1. The molecule has 6 nitrogen and oxygen atoms in total. The van der Waals surface area contributed by atoms with Gasteiger partial charge < -0.3 is 19.5 Å². The maximum atomic E-state index is 13.7. The topological polar surface area (TPSA) is 73.9 Å². The summed E-state index contributed by atoms with van der Waals surface area (Å²) in [6.45, 7) is 7.92. The van der Waals surface area contributed by atoms with Crippen molar-refractivity contribution in [3.8, 4) is 11.5 Å². The number of hydrogen-bond donors (Lipinski definition) is 1. The molecule has 3 unspecified atom stereocenters. The summed E-state index contributed by atoms with van der Waals surface area (Å²) in [5, 5.41) is 3.38. The number of rotatable bonds is 7. The highest BCUT2D eigenvalue weighted by Gasteiger charge is 2.45. The van der Waals surface area contributed by atoms with Crippen LogP contribution in [0.25, 0.3) is 0 Å². The van der Waals surface area contributed by atoms with E-state index in [1.807, 2.05) is 76.2 Å². The quantitative estimate of drug-likeness (QED) is 0.551. The SMILES string of the molecule is CCOc1ccc(C2C(C(=O)OC(C)C)=C(C)NC3=CC(c4ccccc4)CC(=O)C32)cc1OC. The number of carbonyl (C=O) groups is 2. The van der Waals surface area contributed by atoms with Crippen molar-refractivity contribution < 1.29 is 23.8 Å². The highest BCUT2D eigenvalue weighted by molar-refractivity contribution is 5.96. The summed E-state index contributed by atoms with van der Waals surface area (Å²) in [5.74, 6) is -0.180. The van der Waals surface area contributed by atoms with Crippen LogP contribution in [0.3, 0.4) is 0 Å². The second kappa shape index (κ2) is 10.4. The van der Waals surface area contributed by atoms with E-state index in [4.69, 9.17) is 14.2 Å². The summed E-state index contributed by atoms with van der Waals surface area (Å²) < 4.78 is 16.9. The highest BCUT2D eigenvalue weighted by Crippen LogP contribution is 2.47. The first-order chi connectivity index (χ1) is 16.8. The van der Waals surface area contributed by atoms with Crippen molar-refractivity contribution >= 4 is 11.8 Å². The fraction of sp³-hybridized carbons (Fsp3) is 0.379. The molecule has 1 aliphatic carbocycles. The molecule has 2 aromatic carbocycles. The number of fused-ring (bicyclic) bond motifs is 1. The van der Waals surface area contributed by atoms with Crippen LogP contribution in [0.2, 0.25) is 0 Å². The molecular weight excluding hydrogens is 442 g/mol. The number of methoxy groups -OCH3 is 1. The van der Waals surface area contributed by atoms with Crippen molar-refractivity contribution in [1.82, 2.24) is 5.32 Å². The second-order valence-corrected chi connectivity index (χ2v) is 9.23. The van der Waals surface area contributed by atoms with E-state index < -0.39 is 17.8 Å². The number of ether oxygens (including phenoxy) is 3. The van der Waals surface area contributed by atoms with Crippen LogP contribution in [0.5, 0.6) is 11.5 Å². The van der Waals surface area contributed by atoms with E-state index in [9.17, 15) is 9.59 Å². The third kappa shape index (κ3) is 4.97. The van der Waals surface area contributed by atoms with Crippen molar-refractivity contribution in [2.45, 2.75) is 52.1 Å². The van der Waals surface area contributed by atoms with E-state index in [0.717, 1.165) is 16.8 Å². The Kier molecular flexibility index (Phi) is 7.29. The van der Waals surface area contributed by atoms with Crippen molar-refractivity contribution in [1.29, 1.82) is 0 Å². The molecule has 3 atom stereocenters. The molecule has 35 heavy (non-hydrogen) atoms. The highest BCUT2D eigenvalue weighted by atomic mass is 16.5. The van der Waals surface area contributed by atoms with E-state index in [1.54, 1.807) is 7.11 Å². The number of benzene rings is 2. The van der Waals surface area contributed by atoms with Gasteiger partial charge in [-0.25, -0.2) is 4.79 Å². The van der Waals surface area contributed by atoms with Crippen LogP contribution >= 0.6 is 0 Å². The fourth-order valence-electron chi connectivity index (χ4n) is 5.05. The number of Topliss-reactive ketones (excluding diaryl/α,β-unsaturated/α-hetero) is 1. The monoisotopic (exact) mass is 475 g/mol. The first-order valence-corrected chi connectivity index (χ1v) is 12.1. The molecule has 1 heterocycles. The Morgan fingerprint density at radius 3 is 2.46 bits per heavy atom. The standard InChI is InChI=1S/C29H33NO5/c1-6-34-24-13-12-20(16-25(24)33-5)27-26(29(32)35-17(2)3)18(4)30-22-14-21(15-23(31)28(22)27)19-10-8-7-9-11-19/h7-14,16-17,21,27-28,30H,6,15H2,1-5H3. The molecule has 0 radical (unpaired) electrons. The molecule has 2 aromatic rings. The van der Waals surface area contributed by atoms with E-state index in [0.29, 0.717) is 35.8 Å². The van der Waals surface area contributed by atoms with Gasteiger partial charge in [0.2, 0.25) is 0 Å². The van der Waals surface area contributed by atoms with Gasteiger partial charge in [0.15, 0.2) is 11.5 Å². The molecule has 0 bridgehead atoms. The lowest BCUT2D eigenvalue weighted by atomic mass is 9.68. The third-order valence-electron chi connectivity index (χ3n) is 6.50. The predicted octanol–water partition coefficient (Wildman–Crippen LogP) is 5.26. The Balaban J connectivity index is 1.84. The van der Waals surface area contributed by atoms with E-state index in [-0.39, 0.29) is 17.8 Å². The maximum absolute atomic E-state index is 13.7. The minimum Gasteiger partial charge on any atom is -0.493 e. The van der Waals surface area contributed by atoms with Crippen LogP contribution in [-0.4, -0.2) is 31.6 Å². The van der Waals surface area contributed by atoms with Gasteiger partial charge >= 0.3 is 5.97 Å². The lowest BCUT2D eigenvalue weighted by molar-refractivity contribution is -0.143. The zero-order valence-electron chi connectivity index (χ0n) is 21.0. The minimum absolute atomic E-state index is 0.0186. The molecule has 0 aromatic heterocycles. The van der Waals surface area contributed by atoms with Crippen LogP contribution < -0.4 is 14.8 Å². The zero-order chi connectivity index (χ0) is 25.1. The third-order valence-corrected chi connectivity index (χ3v) is 6.50. The molecule has 0 spiro atoms. The number of nitrogens with one attached hydrogen (secondary N) is 1. The average Bonchev–Trinajstić information content (AvgIpc) is 2.83. The van der Waals surface area contributed by atoms with Gasteiger partial charge in [-0.15, -0.1) is 0 Å². The Morgan fingerprint density at radius 2 is 1.80 bits per heavy atom. The number of hydrogen-bond acceptors (Lipinski definition) is 6. The van der Waals surface area contributed by atoms with Gasteiger partial charge in [0.1, 0.15) is 5.78 Å². The average molecular weight is 476 g/mol. The number of allylic oxidation sites excluding steroid dienone is 3. The van der Waals surface area contributed by atoms with Gasteiger partial charge in [-0.3, -0.25) is 4.79 Å². The smallest absolute Gasteiger partial charge is 0.336 e. The van der Waals surface area contributed by atoms with E-state index in [1.165, 1.54) is 0 Å². The molecule has 4 rings (SSSR count). The molecule has 0 saturated heterocycles. The van der Waals surface area contributed by atoms with Crippen molar-refractivity contribution in [2.75, 3.05) is 13.7 Å². The maximum Gasteiger partial charge on any atom is 0.336 e. The largest absolute Gasteiger partial charge is 0.493 e. The molecule has 2 aliphatic rings. The van der Waals surface area contributed by atoms with E-state index in [2.05, 4.69) is 11.4 Å². The molecule has 184 valence electrons. The molecule has 6 heteroatoms. The molecule has 0 saturated carbocycles. The Hall–Kier alpha value is -3.54. The van der Waals surface area contributed by atoms with Crippen LogP contribution in [0.15, 0.2) is 71.6 Å². The first kappa shape index (κ1) is 24.6. The van der Waals surface area contributed by atoms with Gasteiger partial charge in [-0.1, -0.05) is 42.5 Å². The summed E-state index contributed by atoms with van der Waals surface area (Å²) in [4.78, 5) is 27.0. The van der Waals surface area contributed by atoms with Gasteiger partial charge in [0, 0.05) is 29.7 Å². The lowest BCUT2D eigenvalue weighted by Gasteiger charge is -2.39. The molecule has 1 N–H and O–H groups in total. The van der Waals surface area contributed by atoms with Crippen LogP contribution in [-0.2, 0) is 14.3 Å². The lowest BCUT2D eigenvalue weighted by Crippen LogP contribution is -2.42. The van der Waals surface area contributed by atoms with E-state index >= 15 is 0 Å².